The van der Waals surface area contributed by atoms with Gasteiger partial charge in [0.25, 0.3) is 0 Å². The van der Waals surface area contributed by atoms with Crippen molar-refractivity contribution in [2.24, 2.45) is 0 Å². The highest BCUT2D eigenvalue weighted by Crippen LogP contribution is 2.30. The largest absolute Gasteiger partial charge is 0.493 e. The van der Waals surface area contributed by atoms with Gasteiger partial charge in [0.05, 0.1) is 21.3 Å². The number of rotatable bonds is 6. The van der Waals surface area contributed by atoms with Crippen molar-refractivity contribution in [1.29, 1.82) is 0 Å². The minimum Gasteiger partial charge on any atom is -0.493 e. The third-order valence-electron chi connectivity index (χ3n) is 3.81. The summed E-state index contributed by atoms with van der Waals surface area (Å²) in [5.74, 6) is 2.16. The Morgan fingerprint density at radius 1 is 0.920 bits per heavy atom. The summed E-state index contributed by atoms with van der Waals surface area (Å²) < 4.78 is 21.4. The van der Waals surface area contributed by atoms with Gasteiger partial charge in [0.2, 0.25) is 0 Å². The lowest BCUT2D eigenvalue weighted by Crippen LogP contribution is -1.97. The van der Waals surface area contributed by atoms with Crippen molar-refractivity contribution < 1.29 is 23.4 Å². The average molecular weight is 338 g/mol. The van der Waals surface area contributed by atoms with Crippen LogP contribution < -0.4 is 14.2 Å². The van der Waals surface area contributed by atoms with Crippen LogP contribution in [0.15, 0.2) is 53.0 Å². The van der Waals surface area contributed by atoms with Gasteiger partial charge in [0.15, 0.2) is 28.6 Å². The van der Waals surface area contributed by atoms with Crippen LogP contribution in [0.2, 0.25) is 0 Å². The van der Waals surface area contributed by atoms with Gasteiger partial charge in [-0.25, -0.2) is 0 Å². The molecule has 25 heavy (non-hydrogen) atoms. The molecule has 2 aromatic carbocycles. The summed E-state index contributed by atoms with van der Waals surface area (Å²) in [4.78, 5) is 12.4. The normalized spacial score (nSPS) is 11.0. The minimum absolute atomic E-state index is 0.159. The molecule has 0 spiro atoms. The van der Waals surface area contributed by atoms with Gasteiger partial charge < -0.3 is 18.6 Å². The molecule has 0 radical (unpaired) electrons. The third-order valence-corrected chi connectivity index (χ3v) is 3.81. The monoisotopic (exact) mass is 338 g/mol. The van der Waals surface area contributed by atoms with Crippen LogP contribution in [0, 0.1) is 0 Å². The Hall–Kier alpha value is -3.21. The van der Waals surface area contributed by atoms with Gasteiger partial charge in [-0.2, -0.15) is 0 Å². The molecule has 3 rings (SSSR count). The summed E-state index contributed by atoms with van der Waals surface area (Å²) in [7, 11) is 4.67. The molecule has 128 valence electrons. The first-order chi connectivity index (χ1) is 12.2. The number of para-hydroxylation sites is 1. The van der Waals surface area contributed by atoms with Crippen molar-refractivity contribution in [3.63, 3.8) is 0 Å². The highest BCUT2D eigenvalue weighted by Gasteiger charge is 2.10. The molecule has 0 saturated heterocycles. The fraction of sp³-hybridized carbons (Fsp3) is 0.150. The quantitative estimate of drug-likeness (QED) is 0.494. The van der Waals surface area contributed by atoms with Crippen LogP contribution in [0.5, 0.6) is 17.2 Å². The number of fused-ring (bicyclic) bond motifs is 1. The lowest BCUT2D eigenvalue weighted by Gasteiger charge is -2.07. The molecule has 5 nitrogen and oxygen atoms in total. The zero-order chi connectivity index (χ0) is 17.8. The molecule has 0 aliphatic heterocycles. The Morgan fingerprint density at radius 3 is 2.40 bits per heavy atom. The van der Waals surface area contributed by atoms with Gasteiger partial charge in [-0.1, -0.05) is 12.1 Å². The highest BCUT2D eigenvalue weighted by molar-refractivity contribution is 6.07. The Bertz CT molecular complexity index is 936. The highest BCUT2D eigenvalue weighted by atomic mass is 16.5. The summed E-state index contributed by atoms with van der Waals surface area (Å²) in [5, 5.41) is 0.914. The molecule has 0 aliphatic rings. The number of hydrogen-bond donors (Lipinski definition) is 0. The van der Waals surface area contributed by atoms with E-state index in [-0.39, 0.29) is 5.78 Å². The molecule has 0 aliphatic carbocycles. The molecule has 0 bridgehead atoms. The van der Waals surface area contributed by atoms with E-state index in [2.05, 4.69) is 0 Å². The number of carbonyl (C=O) groups excluding carboxylic acids is 1. The number of ether oxygens (including phenoxy) is 3. The molecule has 5 heteroatoms. The number of methoxy groups -OCH3 is 3. The smallest absolute Gasteiger partial charge is 0.186 e. The molecule has 0 N–H and O–H groups in total. The summed E-state index contributed by atoms with van der Waals surface area (Å²) in [6.45, 7) is 0. The topological polar surface area (TPSA) is 57.9 Å². The van der Waals surface area contributed by atoms with Crippen molar-refractivity contribution in [3.05, 3.63) is 59.9 Å². The lowest BCUT2D eigenvalue weighted by molar-refractivity contribution is 0.104. The standard InChI is InChI=1S/C20H18O5/c1-22-17-10-7-13(12-19(17)24-3)16(21)9-8-15-11-14-5-4-6-18(23-2)20(14)25-15/h4-12H,1-3H3/b9-8+. The van der Waals surface area contributed by atoms with Crippen LogP contribution >= 0.6 is 0 Å². The third kappa shape index (κ3) is 3.35. The maximum atomic E-state index is 12.4. The second-order valence-corrected chi connectivity index (χ2v) is 5.29. The van der Waals surface area contributed by atoms with E-state index in [1.807, 2.05) is 24.3 Å². The number of ketones is 1. The van der Waals surface area contributed by atoms with E-state index < -0.39 is 0 Å². The minimum atomic E-state index is -0.159. The number of benzene rings is 2. The predicted molar refractivity (Wildman–Crippen MR) is 95.7 cm³/mol. The van der Waals surface area contributed by atoms with Gasteiger partial charge in [-0.05, 0) is 42.5 Å². The van der Waals surface area contributed by atoms with E-state index in [1.165, 1.54) is 13.2 Å². The molecule has 3 aromatic rings. The first-order valence-electron chi connectivity index (χ1n) is 7.67. The fourth-order valence-corrected chi connectivity index (χ4v) is 2.54. The van der Waals surface area contributed by atoms with Crippen molar-refractivity contribution in [1.82, 2.24) is 0 Å². The van der Waals surface area contributed by atoms with E-state index in [9.17, 15) is 4.79 Å². The second kappa shape index (κ2) is 7.13. The summed E-state index contributed by atoms with van der Waals surface area (Å²) in [5.41, 5.74) is 1.16. The summed E-state index contributed by atoms with van der Waals surface area (Å²) in [6.07, 6.45) is 3.10. The Kier molecular flexibility index (Phi) is 4.75. The molecule has 0 amide bonds. The van der Waals surface area contributed by atoms with Gasteiger partial charge in [0, 0.05) is 10.9 Å². The molecule has 0 atom stereocenters. The first kappa shape index (κ1) is 16.6. The molecule has 1 aromatic heterocycles. The second-order valence-electron chi connectivity index (χ2n) is 5.29. The maximum Gasteiger partial charge on any atom is 0.186 e. The van der Waals surface area contributed by atoms with Gasteiger partial charge in [-0.15, -0.1) is 0 Å². The van der Waals surface area contributed by atoms with E-state index in [0.29, 0.717) is 34.2 Å². The lowest BCUT2D eigenvalue weighted by atomic mass is 10.1. The number of carbonyl (C=O) groups is 1. The van der Waals surface area contributed by atoms with Gasteiger partial charge in [-0.3, -0.25) is 4.79 Å². The predicted octanol–water partition coefficient (Wildman–Crippen LogP) is 4.35. The fourth-order valence-electron chi connectivity index (χ4n) is 2.54. The van der Waals surface area contributed by atoms with Crippen molar-refractivity contribution in [2.45, 2.75) is 0 Å². The molecule has 0 unspecified atom stereocenters. The van der Waals surface area contributed by atoms with Crippen molar-refractivity contribution in [3.8, 4) is 17.2 Å². The average Bonchev–Trinajstić information content (AvgIpc) is 3.08. The van der Waals surface area contributed by atoms with E-state index in [4.69, 9.17) is 18.6 Å². The van der Waals surface area contributed by atoms with Crippen LogP contribution in [0.25, 0.3) is 17.0 Å². The van der Waals surface area contributed by atoms with Crippen LogP contribution in [-0.4, -0.2) is 27.1 Å². The Balaban J connectivity index is 1.85. The number of furan rings is 1. The van der Waals surface area contributed by atoms with Gasteiger partial charge in [0.1, 0.15) is 5.76 Å². The zero-order valence-electron chi connectivity index (χ0n) is 14.2. The van der Waals surface area contributed by atoms with Crippen molar-refractivity contribution >= 4 is 22.8 Å². The first-order valence-corrected chi connectivity index (χ1v) is 7.67. The van der Waals surface area contributed by atoms with Crippen LogP contribution in [0.4, 0.5) is 0 Å². The molecule has 0 saturated carbocycles. The molecule has 1 heterocycles. The zero-order valence-corrected chi connectivity index (χ0v) is 14.2. The summed E-state index contributed by atoms with van der Waals surface area (Å²) in [6, 6.07) is 12.5. The van der Waals surface area contributed by atoms with E-state index in [0.717, 1.165) is 5.39 Å². The Morgan fingerprint density at radius 2 is 1.68 bits per heavy atom. The SMILES string of the molecule is COc1ccc(C(=O)/C=C/c2cc3cccc(OC)c3o2)cc1OC. The number of allylic oxidation sites excluding steroid dienone is 1. The van der Waals surface area contributed by atoms with E-state index >= 15 is 0 Å². The van der Waals surface area contributed by atoms with Gasteiger partial charge >= 0.3 is 0 Å². The molecule has 0 fully saturated rings. The summed E-state index contributed by atoms with van der Waals surface area (Å²) >= 11 is 0. The van der Waals surface area contributed by atoms with Crippen LogP contribution in [-0.2, 0) is 0 Å². The Labute approximate surface area is 145 Å². The van der Waals surface area contributed by atoms with Crippen LogP contribution in [0.1, 0.15) is 16.1 Å². The number of hydrogen-bond acceptors (Lipinski definition) is 5. The molecular formula is C20H18O5. The maximum absolute atomic E-state index is 12.4. The van der Waals surface area contributed by atoms with E-state index in [1.54, 1.807) is 38.5 Å². The van der Waals surface area contributed by atoms with Crippen LogP contribution in [0.3, 0.4) is 0 Å². The molecular weight excluding hydrogens is 320 g/mol. The van der Waals surface area contributed by atoms with Crippen molar-refractivity contribution in [2.75, 3.05) is 21.3 Å².